The Bertz CT molecular complexity index is 696. The maximum atomic E-state index is 10.9. The molecule has 2 N–H and O–H groups in total. The number of fused-ring (bicyclic) bond motifs is 1. The van der Waals surface area contributed by atoms with E-state index in [0.29, 0.717) is 0 Å². The number of β-amino-alcohol motifs (C(OH)–C–C–N with tert-alkyl or cyclic N) is 1. The van der Waals surface area contributed by atoms with E-state index in [9.17, 15) is 5.11 Å². The zero-order valence-corrected chi connectivity index (χ0v) is 15.4. The second-order valence-corrected chi connectivity index (χ2v) is 7.85. The van der Waals surface area contributed by atoms with E-state index < -0.39 is 6.10 Å². The van der Waals surface area contributed by atoms with E-state index in [1.807, 2.05) is 6.07 Å². The molecular weight excluding hydrogens is 310 g/mol. The van der Waals surface area contributed by atoms with Crippen molar-refractivity contribution in [1.82, 2.24) is 14.8 Å². The SMILES string of the molecule is Cc1[nH]c2ccccc2c1[C@@H](O)CN1CCN(C2CCCCC2)CC1. The molecule has 0 bridgehead atoms. The van der Waals surface area contributed by atoms with Crippen LogP contribution >= 0.6 is 0 Å². The number of rotatable bonds is 4. The molecule has 25 heavy (non-hydrogen) atoms. The summed E-state index contributed by atoms with van der Waals surface area (Å²) in [6.45, 7) is 7.28. The Hall–Kier alpha value is -1.36. The van der Waals surface area contributed by atoms with E-state index in [-0.39, 0.29) is 0 Å². The molecular formula is C21H31N3O. The summed E-state index contributed by atoms with van der Waals surface area (Å²) in [7, 11) is 0. The van der Waals surface area contributed by atoms with E-state index >= 15 is 0 Å². The standard InChI is InChI=1S/C21H31N3O/c1-16-21(18-9-5-6-10-19(18)22-16)20(25)15-23-11-13-24(14-12-23)17-7-3-2-4-8-17/h5-6,9-10,17,20,22,25H,2-4,7-8,11-15H2,1H3/t20-/m0/s1. The van der Waals surface area contributed by atoms with Gasteiger partial charge in [0.25, 0.3) is 0 Å². The fourth-order valence-electron chi connectivity index (χ4n) is 4.82. The van der Waals surface area contributed by atoms with Crippen molar-refractivity contribution in [3.05, 3.63) is 35.5 Å². The molecule has 0 spiro atoms. The number of aromatic amines is 1. The maximum Gasteiger partial charge on any atom is 0.0940 e. The molecule has 4 rings (SSSR count). The van der Waals surface area contributed by atoms with E-state index in [4.69, 9.17) is 0 Å². The van der Waals surface area contributed by atoms with Crippen LogP contribution in [0.15, 0.2) is 24.3 Å². The van der Waals surface area contributed by atoms with E-state index in [1.165, 1.54) is 32.1 Å². The number of piperazine rings is 1. The van der Waals surface area contributed by atoms with Crippen LogP contribution < -0.4 is 0 Å². The third kappa shape index (κ3) is 3.62. The molecule has 4 nitrogen and oxygen atoms in total. The van der Waals surface area contributed by atoms with Crippen molar-refractivity contribution < 1.29 is 5.11 Å². The zero-order valence-electron chi connectivity index (χ0n) is 15.4. The van der Waals surface area contributed by atoms with Crippen LogP contribution in [-0.2, 0) is 0 Å². The lowest BCUT2D eigenvalue weighted by Crippen LogP contribution is -2.51. The average Bonchev–Trinajstić information content (AvgIpc) is 2.99. The lowest BCUT2D eigenvalue weighted by atomic mass is 9.94. The number of nitrogens with one attached hydrogen (secondary N) is 1. The molecule has 2 aliphatic rings. The van der Waals surface area contributed by atoms with Crippen molar-refractivity contribution >= 4 is 10.9 Å². The second-order valence-electron chi connectivity index (χ2n) is 7.85. The third-order valence-electron chi connectivity index (χ3n) is 6.21. The minimum Gasteiger partial charge on any atom is -0.387 e. The molecule has 1 saturated heterocycles. The van der Waals surface area contributed by atoms with Gasteiger partial charge in [0.1, 0.15) is 0 Å². The minimum absolute atomic E-state index is 0.419. The Labute approximate surface area is 150 Å². The van der Waals surface area contributed by atoms with Crippen LogP contribution in [0.1, 0.15) is 49.5 Å². The Balaban J connectivity index is 1.37. The Kier molecular flexibility index (Phi) is 5.11. The summed E-state index contributed by atoms with van der Waals surface area (Å²) in [6.07, 6.45) is 6.59. The molecule has 136 valence electrons. The summed E-state index contributed by atoms with van der Waals surface area (Å²) < 4.78 is 0. The first-order valence-corrected chi connectivity index (χ1v) is 9.94. The summed E-state index contributed by atoms with van der Waals surface area (Å²) in [5.41, 5.74) is 3.29. The molecule has 0 unspecified atom stereocenters. The summed E-state index contributed by atoms with van der Waals surface area (Å²) in [6, 6.07) is 9.10. The van der Waals surface area contributed by atoms with Gasteiger partial charge in [-0.05, 0) is 25.8 Å². The van der Waals surface area contributed by atoms with E-state index in [1.54, 1.807) is 0 Å². The first kappa shape index (κ1) is 17.1. The molecule has 0 amide bonds. The maximum absolute atomic E-state index is 10.9. The minimum atomic E-state index is -0.419. The lowest BCUT2D eigenvalue weighted by molar-refractivity contribution is 0.0477. The van der Waals surface area contributed by atoms with Gasteiger partial charge in [-0.3, -0.25) is 9.80 Å². The van der Waals surface area contributed by atoms with Crippen molar-refractivity contribution in [2.45, 2.75) is 51.2 Å². The highest BCUT2D eigenvalue weighted by molar-refractivity contribution is 5.84. The van der Waals surface area contributed by atoms with Crippen LogP contribution in [0.2, 0.25) is 0 Å². The molecule has 1 atom stereocenters. The smallest absolute Gasteiger partial charge is 0.0940 e. The van der Waals surface area contributed by atoms with Gasteiger partial charge in [-0.15, -0.1) is 0 Å². The van der Waals surface area contributed by atoms with Gasteiger partial charge in [0.05, 0.1) is 6.10 Å². The van der Waals surface area contributed by atoms with E-state index in [2.05, 4.69) is 39.9 Å². The number of benzene rings is 1. The number of para-hydroxylation sites is 1. The number of aliphatic hydroxyl groups is 1. The van der Waals surface area contributed by atoms with Crippen LogP contribution in [0.4, 0.5) is 0 Å². The average molecular weight is 341 g/mol. The van der Waals surface area contributed by atoms with Crippen LogP contribution in [0, 0.1) is 6.92 Å². The predicted molar refractivity (Wildman–Crippen MR) is 103 cm³/mol. The van der Waals surface area contributed by atoms with Gasteiger partial charge < -0.3 is 10.1 Å². The van der Waals surface area contributed by atoms with Gasteiger partial charge >= 0.3 is 0 Å². The Morgan fingerprint density at radius 2 is 1.80 bits per heavy atom. The van der Waals surface area contributed by atoms with Gasteiger partial charge in [0.2, 0.25) is 0 Å². The molecule has 2 heterocycles. The number of aliphatic hydroxyl groups excluding tert-OH is 1. The molecule has 0 radical (unpaired) electrons. The largest absolute Gasteiger partial charge is 0.387 e. The van der Waals surface area contributed by atoms with Crippen LogP contribution in [0.25, 0.3) is 10.9 Å². The summed E-state index contributed by atoms with van der Waals surface area (Å²) in [5, 5.41) is 12.0. The van der Waals surface area contributed by atoms with Crippen molar-refractivity contribution in [3.8, 4) is 0 Å². The number of hydrogen-bond donors (Lipinski definition) is 2. The number of hydrogen-bond acceptors (Lipinski definition) is 3. The highest BCUT2D eigenvalue weighted by Crippen LogP contribution is 2.29. The van der Waals surface area contributed by atoms with E-state index in [0.717, 1.165) is 60.9 Å². The van der Waals surface area contributed by atoms with Gasteiger partial charge in [-0.25, -0.2) is 0 Å². The second kappa shape index (κ2) is 7.48. The van der Waals surface area contributed by atoms with Crippen LogP contribution in [-0.4, -0.2) is 58.7 Å². The summed E-state index contributed by atoms with van der Waals surface area (Å²) >= 11 is 0. The Morgan fingerprint density at radius 1 is 1.08 bits per heavy atom. The van der Waals surface area contributed by atoms with Crippen molar-refractivity contribution in [3.63, 3.8) is 0 Å². The summed E-state index contributed by atoms with van der Waals surface area (Å²) in [5.74, 6) is 0. The highest BCUT2D eigenvalue weighted by Gasteiger charge is 2.27. The molecule has 1 aliphatic carbocycles. The highest BCUT2D eigenvalue weighted by atomic mass is 16.3. The molecule has 2 fully saturated rings. The monoisotopic (exact) mass is 341 g/mol. The Morgan fingerprint density at radius 3 is 2.56 bits per heavy atom. The molecule has 4 heteroatoms. The van der Waals surface area contributed by atoms with Crippen molar-refractivity contribution in [2.75, 3.05) is 32.7 Å². The van der Waals surface area contributed by atoms with Gasteiger partial charge in [0.15, 0.2) is 0 Å². The van der Waals surface area contributed by atoms with Crippen molar-refractivity contribution in [2.24, 2.45) is 0 Å². The van der Waals surface area contributed by atoms with Gasteiger partial charge in [-0.1, -0.05) is 37.5 Å². The number of nitrogens with zero attached hydrogens (tertiary/aromatic N) is 2. The molecule has 1 aromatic carbocycles. The van der Waals surface area contributed by atoms with Gasteiger partial charge in [0, 0.05) is 60.9 Å². The van der Waals surface area contributed by atoms with Crippen molar-refractivity contribution in [1.29, 1.82) is 0 Å². The number of aromatic nitrogens is 1. The fourth-order valence-corrected chi connectivity index (χ4v) is 4.82. The first-order valence-electron chi connectivity index (χ1n) is 9.94. The van der Waals surface area contributed by atoms with Gasteiger partial charge in [-0.2, -0.15) is 0 Å². The normalized spacial score (nSPS) is 22.5. The number of H-pyrrole nitrogens is 1. The molecule has 1 saturated carbocycles. The fraction of sp³-hybridized carbons (Fsp3) is 0.619. The number of aryl methyl sites for hydroxylation is 1. The predicted octanol–water partition coefficient (Wildman–Crippen LogP) is 3.46. The zero-order chi connectivity index (χ0) is 17.2. The lowest BCUT2D eigenvalue weighted by Gasteiger charge is -2.41. The topological polar surface area (TPSA) is 42.5 Å². The quantitative estimate of drug-likeness (QED) is 0.895. The first-order chi connectivity index (χ1) is 12.2. The van der Waals surface area contributed by atoms with Crippen LogP contribution in [0.5, 0.6) is 0 Å². The molecule has 1 aromatic heterocycles. The third-order valence-corrected chi connectivity index (χ3v) is 6.21. The molecule has 1 aliphatic heterocycles. The molecule has 2 aromatic rings. The summed E-state index contributed by atoms with van der Waals surface area (Å²) in [4.78, 5) is 8.54. The van der Waals surface area contributed by atoms with Crippen LogP contribution in [0.3, 0.4) is 0 Å².